The van der Waals surface area contributed by atoms with Crippen molar-refractivity contribution in [3.05, 3.63) is 64.4 Å². The molecule has 2 aromatic carbocycles. The monoisotopic (exact) mass is 383 g/mol. The molecule has 27 heavy (non-hydrogen) atoms. The van der Waals surface area contributed by atoms with Crippen LogP contribution in [0.5, 0.6) is 0 Å². The molecule has 1 aliphatic rings. The van der Waals surface area contributed by atoms with Crippen molar-refractivity contribution in [1.29, 1.82) is 0 Å². The summed E-state index contributed by atoms with van der Waals surface area (Å²) in [5.74, 6) is -0.0642. The second-order valence-electron chi connectivity index (χ2n) is 6.59. The van der Waals surface area contributed by atoms with Gasteiger partial charge in [-0.05, 0) is 62.2 Å². The number of carbonyl (C=O) groups excluding carboxylic acids is 2. The van der Waals surface area contributed by atoms with Gasteiger partial charge in [-0.15, -0.1) is 0 Å². The van der Waals surface area contributed by atoms with Gasteiger partial charge in [0.15, 0.2) is 5.76 Å². The summed E-state index contributed by atoms with van der Waals surface area (Å²) in [7, 11) is 0. The van der Waals surface area contributed by atoms with Crippen LogP contribution in [0.3, 0.4) is 0 Å². The van der Waals surface area contributed by atoms with E-state index in [9.17, 15) is 9.59 Å². The summed E-state index contributed by atoms with van der Waals surface area (Å²) in [6.45, 7) is 2.45. The van der Waals surface area contributed by atoms with E-state index in [0.29, 0.717) is 28.5 Å². The number of amides is 1. The lowest BCUT2D eigenvalue weighted by molar-refractivity contribution is -0.124. The Labute approximate surface area is 161 Å². The zero-order valence-electron chi connectivity index (χ0n) is 14.8. The molecule has 0 saturated carbocycles. The van der Waals surface area contributed by atoms with Gasteiger partial charge in [0.25, 0.3) is 5.91 Å². The molecule has 6 heteroatoms. The third kappa shape index (κ3) is 3.48. The van der Waals surface area contributed by atoms with Gasteiger partial charge in [-0.1, -0.05) is 11.6 Å². The van der Waals surface area contributed by atoms with Gasteiger partial charge in [0.05, 0.1) is 0 Å². The standard InChI is InChI=1S/C21H18ClNO4/c1-12-16-11-15(23-21(25)18-3-2-10-26-18)8-9-17(16)27-20(12)19(24)13-4-6-14(22)7-5-13/h4-9,11,18H,2-3,10H2,1H3,(H,23,25). The highest BCUT2D eigenvalue weighted by Crippen LogP contribution is 2.30. The molecule has 2 heterocycles. The topological polar surface area (TPSA) is 68.5 Å². The smallest absolute Gasteiger partial charge is 0.253 e. The second kappa shape index (κ2) is 7.18. The summed E-state index contributed by atoms with van der Waals surface area (Å²) in [6.07, 6.45) is 1.24. The Morgan fingerprint density at radius 3 is 2.63 bits per heavy atom. The number of benzene rings is 2. The van der Waals surface area contributed by atoms with Gasteiger partial charge in [-0.2, -0.15) is 0 Å². The van der Waals surface area contributed by atoms with Crippen molar-refractivity contribution in [2.75, 3.05) is 11.9 Å². The average Bonchev–Trinajstić information content (AvgIpc) is 3.31. The van der Waals surface area contributed by atoms with Crippen LogP contribution in [0.2, 0.25) is 5.02 Å². The highest BCUT2D eigenvalue weighted by molar-refractivity contribution is 6.30. The lowest BCUT2D eigenvalue weighted by atomic mass is 10.0. The zero-order chi connectivity index (χ0) is 19.0. The van der Waals surface area contributed by atoms with Crippen LogP contribution in [0.15, 0.2) is 46.9 Å². The molecule has 1 fully saturated rings. The van der Waals surface area contributed by atoms with E-state index in [1.807, 2.05) is 13.0 Å². The van der Waals surface area contributed by atoms with Crippen LogP contribution in [-0.4, -0.2) is 24.4 Å². The third-order valence-corrected chi connectivity index (χ3v) is 4.99. The summed E-state index contributed by atoms with van der Waals surface area (Å²) in [4.78, 5) is 25.0. The Bertz CT molecular complexity index is 1020. The molecule has 1 unspecified atom stereocenters. The number of carbonyl (C=O) groups is 2. The van der Waals surface area contributed by atoms with Gasteiger partial charge < -0.3 is 14.5 Å². The quantitative estimate of drug-likeness (QED) is 0.660. The van der Waals surface area contributed by atoms with Crippen LogP contribution in [0.4, 0.5) is 5.69 Å². The zero-order valence-corrected chi connectivity index (χ0v) is 15.5. The molecule has 4 rings (SSSR count). The first-order chi connectivity index (χ1) is 13.0. The van der Waals surface area contributed by atoms with E-state index < -0.39 is 6.10 Å². The second-order valence-corrected chi connectivity index (χ2v) is 7.03. The molecule has 0 bridgehead atoms. The average molecular weight is 384 g/mol. The first kappa shape index (κ1) is 17.8. The van der Waals surface area contributed by atoms with Crippen molar-refractivity contribution < 1.29 is 18.7 Å². The van der Waals surface area contributed by atoms with E-state index >= 15 is 0 Å². The molecule has 3 aromatic rings. The number of anilines is 1. The molecule has 0 radical (unpaired) electrons. The molecule has 0 spiro atoms. The maximum absolute atomic E-state index is 12.8. The summed E-state index contributed by atoms with van der Waals surface area (Å²) in [5, 5.41) is 4.23. The molecule has 5 nitrogen and oxygen atoms in total. The highest BCUT2D eigenvalue weighted by atomic mass is 35.5. The van der Waals surface area contributed by atoms with Crippen LogP contribution >= 0.6 is 11.6 Å². The van der Waals surface area contributed by atoms with Crippen molar-refractivity contribution in [1.82, 2.24) is 0 Å². The lowest BCUT2D eigenvalue weighted by Crippen LogP contribution is -2.26. The number of ether oxygens (including phenoxy) is 1. The van der Waals surface area contributed by atoms with Crippen molar-refractivity contribution in [2.45, 2.75) is 25.9 Å². The summed E-state index contributed by atoms with van der Waals surface area (Å²) in [5.41, 5.74) is 2.49. The number of halogens is 1. The fraction of sp³-hybridized carbons (Fsp3) is 0.238. The van der Waals surface area contributed by atoms with Crippen LogP contribution in [0.25, 0.3) is 11.0 Å². The number of hydrogen-bond donors (Lipinski definition) is 1. The number of aryl methyl sites for hydroxylation is 1. The number of hydrogen-bond acceptors (Lipinski definition) is 4. The van der Waals surface area contributed by atoms with Crippen LogP contribution in [0.1, 0.15) is 34.5 Å². The number of rotatable bonds is 4. The van der Waals surface area contributed by atoms with Crippen molar-refractivity contribution >= 4 is 39.9 Å². The van der Waals surface area contributed by atoms with Gasteiger partial charge in [0.2, 0.25) is 5.78 Å². The SMILES string of the molecule is Cc1c(C(=O)c2ccc(Cl)cc2)oc2ccc(NC(=O)C3CCCO3)cc12. The molecule has 138 valence electrons. The molecular formula is C21H18ClNO4. The molecule has 0 aliphatic carbocycles. The maximum atomic E-state index is 12.8. The maximum Gasteiger partial charge on any atom is 0.253 e. The number of furan rings is 1. The molecule has 1 aliphatic heterocycles. The predicted octanol–water partition coefficient (Wildman–Crippen LogP) is 4.74. The fourth-order valence-corrected chi connectivity index (χ4v) is 3.38. The predicted molar refractivity (Wildman–Crippen MR) is 103 cm³/mol. The van der Waals surface area contributed by atoms with Crippen molar-refractivity contribution in [3.63, 3.8) is 0 Å². The van der Waals surface area contributed by atoms with Gasteiger partial charge in [0.1, 0.15) is 11.7 Å². The molecule has 1 saturated heterocycles. The Hall–Kier alpha value is -2.63. The van der Waals surface area contributed by atoms with E-state index in [0.717, 1.165) is 23.8 Å². The van der Waals surface area contributed by atoms with Crippen LogP contribution in [0, 0.1) is 6.92 Å². The van der Waals surface area contributed by atoms with Crippen LogP contribution in [-0.2, 0) is 9.53 Å². The molecule has 1 amide bonds. The number of ketones is 1. The first-order valence-corrected chi connectivity index (χ1v) is 9.16. The fourth-order valence-electron chi connectivity index (χ4n) is 3.25. The van der Waals surface area contributed by atoms with E-state index in [4.69, 9.17) is 20.8 Å². The third-order valence-electron chi connectivity index (χ3n) is 4.74. The van der Waals surface area contributed by atoms with Crippen LogP contribution < -0.4 is 5.32 Å². The Balaban J connectivity index is 1.62. The first-order valence-electron chi connectivity index (χ1n) is 8.79. The minimum Gasteiger partial charge on any atom is -0.452 e. The summed E-state index contributed by atoms with van der Waals surface area (Å²) < 4.78 is 11.2. The van der Waals surface area contributed by atoms with Gasteiger partial charge in [0, 0.05) is 33.8 Å². The Kier molecular flexibility index (Phi) is 4.72. The van der Waals surface area contributed by atoms with E-state index in [1.54, 1.807) is 36.4 Å². The molecule has 1 atom stereocenters. The van der Waals surface area contributed by atoms with Crippen molar-refractivity contribution in [3.8, 4) is 0 Å². The van der Waals surface area contributed by atoms with E-state index in [1.165, 1.54) is 0 Å². The summed E-state index contributed by atoms with van der Waals surface area (Å²) >= 11 is 5.89. The Morgan fingerprint density at radius 2 is 1.93 bits per heavy atom. The largest absolute Gasteiger partial charge is 0.452 e. The molecular weight excluding hydrogens is 366 g/mol. The van der Waals surface area contributed by atoms with Gasteiger partial charge in [-0.25, -0.2) is 0 Å². The van der Waals surface area contributed by atoms with E-state index in [-0.39, 0.29) is 17.5 Å². The normalized spacial score (nSPS) is 16.6. The number of fused-ring (bicyclic) bond motifs is 1. The highest BCUT2D eigenvalue weighted by Gasteiger charge is 2.24. The minimum atomic E-state index is -0.395. The summed E-state index contributed by atoms with van der Waals surface area (Å²) in [6, 6.07) is 12.0. The van der Waals surface area contributed by atoms with E-state index in [2.05, 4.69) is 5.32 Å². The van der Waals surface area contributed by atoms with Gasteiger partial charge >= 0.3 is 0 Å². The number of nitrogens with one attached hydrogen (secondary N) is 1. The Morgan fingerprint density at radius 1 is 1.15 bits per heavy atom. The van der Waals surface area contributed by atoms with Crippen molar-refractivity contribution in [2.24, 2.45) is 0 Å². The minimum absolute atomic E-state index is 0.148. The molecule has 1 N–H and O–H groups in total. The lowest BCUT2D eigenvalue weighted by Gasteiger charge is -2.10. The molecule has 1 aromatic heterocycles. The van der Waals surface area contributed by atoms with Gasteiger partial charge in [-0.3, -0.25) is 9.59 Å².